The molecule has 0 aromatic heterocycles. The highest BCUT2D eigenvalue weighted by atomic mass is 19.1. The Morgan fingerprint density at radius 1 is 0.886 bits per heavy atom. The van der Waals surface area contributed by atoms with Crippen LogP contribution in [0.4, 0.5) is 4.39 Å². The van der Waals surface area contributed by atoms with E-state index in [1.807, 2.05) is 60.7 Å². The van der Waals surface area contributed by atoms with Crippen molar-refractivity contribution < 1.29 is 14.0 Å². The minimum atomic E-state index is -0.713. The number of carbonyl (C=O) groups is 2. The molecule has 0 aliphatic heterocycles. The van der Waals surface area contributed by atoms with E-state index >= 15 is 0 Å². The molecule has 1 fully saturated rings. The number of hydrogen-bond acceptors (Lipinski definition) is 2. The van der Waals surface area contributed by atoms with Crippen molar-refractivity contribution in [3.8, 4) is 0 Å². The van der Waals surface area contributed by atoms with Crippen LogP contribution in [0.25, 0.3) is 0 Å². The summed E-state index contributed by atoms with van der Waals surface area (Å²) in [5.74, 6) is -0.910. The zero-order valence-electron chi connectivity index (χ0n) is 20.2. The summed E-state index contributed by atoms with van der Waals surface area (Å²) in [7, 11) is 0. The second-order valence-corrected chi connectivity index (χ2v) is 9.36. The molecule has 35 heavy (non-hydrogen) atoms. The monoisotopic (exact) mass is 472 g/mol. The van der Waals surface area contributed by atoms with Crippen molar-refractivity contribution in [3.63, 3.8) is 0 Å². The van der Waals surface area contributed by atoms with Crippen molar-refractivity contribution in [1.82, 2.24) is 10.2 Å². The summed E-state index contributed by atoms with van der Waals surface area (Å²) in [5, 5.41) is 3.10. The third-order valence-corrected chi connectivity index (χ3v) is 6.95. The number of amides is 2. The molecule has 0 radical (unpaired) electrons. The number of carbonyl (C=O) groups excluding carboxylic acids is 2. The van der Waals surface area contributed by atoms with E-state index in [0.717, 1.165) is 36.8 Å². The molecule has 0 spiro atoms. The SMILES string of the molecule is CC(C(=O)NC1CCCC1)N(Cc1ccccc1F)C(=O)CC(c1ccccc1)c1ccccc1. The Balaban J connectivity index is 1.61. The summed E-state index contributed by atoms with van der Waals surface area (Å²) in [6.07, 6.45) is 4.32. The number of nitrogens with zero attached hydrogens (tertiary/aromatic N) is 1. The van der Waals surface area contributed by atoms with Crippen molar-refractivity contribution in [2.24, 2.45) is 0 Å². The van der Waals surface area contributed by atoms with Gasteiger partial charge in [0.15, 0.2) is 0 Å². The second kappa shape index (κ2) is 11.8. The average molecular weight is 473 g/mol. The molecule has 1 atom stereocenters. The Hall–Kier alpha value is -3.47. The zero-order chi connectivity index (χ0) is 24.6. The van der Waals surface area contributed by atoms with Crippen LogP contribution >= 0.6 is 0 Å². The molecule has 1 aliphatic carbocycles. The highest BCUT2D eigenvalue weighted by molar-refractivity contribution is 5.88. The Bertz CT molecular complexity index is 1070. The minimum absolute atomic E-state index is 0.0427. The lowest BCUT2D eigenvalue weighted by Gasteiger charge is -2.31. The predicted octanol–water partition coefficient (Wildman–Crippen LogP) is 5.82. The van der Waals surface area contributed by atoms with E-state index in [0.29, 0.717) is 5.56 Å². The quantitative estimate of drug-likeness (QED) is 0.426. The van der Waals surface area contributed by atoms with Crippen LogP contribution in [0.2, 0.25) is 0 Å². The van der Waals surface area contributed by atoms with Crippen LogP contribution in [-0.2, 0) is 16.1 Å². The van der Waals surface area contributed by atoms with E-state index in [4.69, 9.17) is 0 Å². The summed E-state index contributed by atoms with van der Waals surface area (Å²) in [6, 6.07) is 25.7. The van der Waals surface area contributed by atoms with E-state index in [9.17, 15) is 14.0 Å². The molecule has 182 valence electrons. The van der Waals surface area contributed by atoms with E-state index in [2.05, 4.69) is 5.32 Å². The zero-order valence-corrected chi connectivity index (χ0v) is 20.2. The molecule has 0 saturated heterocycles. The van der Waals surface area contributed by atoms with Gasteiger partial charge >= 0.3 is 0 Å². The van der Waals surface area contributed by atoms with Gasteiger partial charge in [0.1, 0.15) is 11.9 Å². The van der Waals surface area contributed by atoms with E-state index < -0.39 is 6.04 Å². The molecular weight excluding hydrogens is 439 g/mol. The molecule has 1 N–H and O–H groups in total. The van der Waals surface area contributed by atoms with Crippen molar-refractivity contribution in [2.75, 3.05) is 0 Å². The molecule has 3 aromatic carbocycles. The van der Waals surface area contributed by atoms with Gasteiger partial charge in [0, 0.05) is 30.5 Å². The van der Waals surface area contributed by atoms with E-state index in [1.54, 1.807) is 25.1 Å². The van der Waals surface area contributed by atoms with Crippen molar-refractivity contribution in [3.05, 3.63) is 107 Å². The molecule has 0 bridgehead atoms. The lowest BCUT2D eigenvalue weighted by Crippen LogP contribution is -2.50. The molecule has 5 heteroatoms. The number of rotatable bonds is 9. The van der Waals surface area contributed by atoms with Crippen LogP contribution in [0.5, 0.6) is 0 Å². The van der Waals surface area contributed by atoms with Gasteiger partial charge < -0.3 is 10.2 Å². The number of halogens is 1. The maximum absolute atomic E-state index is 14.6. The summed E-state index contributed by atoms with van der Waals surface area (Å²) >= 11 is 0. The normalized spacial score (nSPS) is 14.6. The first-order chi connectivity index (χ1) is 17.0. The standard InChI is InChI=1S/C30H33FN2O2/c1-22(30(35)32-26-17-9-10-18-26)33(21-25-16-8-11-19-28(25)31)29(34)20-27(23-12-4-2-5-13-23)24-14-6-3-7-15-24/h2-8,11-16,19,22,26-27H,9-10,17-18,20-21H2,1H3,(H,32,35). The average Bonchev–Trinajstić information content (AvgIpc) is 3.40. The summed E-state index contributed by atoms with van der Waals surface area (Å²) in [4.78, 5) is 28.5. The molecule has 4 rings (SSSR count). The molecular formula is C30H33FN2O2. The summed E-state index contributed by atoms with van der Waals surface area (Å²) in [5.41, 5.74) is 2.46. The molecule has 0 heterocycles. The molecule has 1 saturated carbocycles. The van der Waals surface area contributed by atoms with Crippen molar-refractivity contribution in [1.29, 1.82) is 0 Å². The number of benzene rings is 3. The van der Waals surface area contributed by atoms with Gasteiger partial charge in [0.2, 0.25) is 11.8 Å². The molecule has 1 unspecified atom stereocenters. The van der Waals surface area contributed by atoms with Gasteiger partial charge in [0.25, 0.3) is 0 Å². The highest BCUT2D eigenvalue weighted by Crippen LogP contribution is 2.29. The van der Waals surface area contributed by atoms with Gasteiger partial charge in [-0.2, -0.15) is 0 Å². The Labute approximate surface area is 207 Å². The first-order valence-electron chi connectivity index (χ1n) is 12.5. The Morgan fingerprint density at radius 2 is 1.43 bits per heavy atom. The maximum Gasteiger partial charge on any atom is 0.242 e. The fourth-order valence-electron chi connectivity index (χ4n) is 4.88. The first-order valence-corrected chi connectivity index (χ1v) is 12.5. The van der Waals surface area contributed by atoms with Crippen molar-refractivity contribution >= 4 is 11.8 Å². The third-order valence-electron chi connectivity index (χ3n) is 6.95. The molecule has 2 amide bonds. The van der Waals surface area contributed by atoms with Crippen molar-refractivity contribution in [2.45, 2.75) is 63.6 Å². The van der Waals surface area contributed by atoms with Gasteiger partial charge in [-0.3, -0.25) is 9.59 Å². The smallest absolute Gasteiger partial charge is 0.242 e. The fraction of sp³-hybridized carbons (Fsp3) is 0.333. The third kappa shape index (κ3) is 6.36. The largest absolute Gasteiger partial charge is 0.352 e. The molecule has 1 aliphatic rings. The topological polar surface area (TPSA) is 49.4 Å². The predicted molar refractivity (Wildman–Crippen MR) is 136 cm³/mol. The Kier molecular flexibility index (Phi) is 8.30. The minimum Gasteiger partial charge on any atom is -0.352 e. The van der Waals surface area contributed by atoms with E-state index in [1.165, 1.54) is 11.0 Å². The lowest BCUT2D eigenvalue weighted by molar-refractivity contribution is -0.141. The van der Waals surface area contributed by atoms with Gasteiger partial charge in [-0.1, -0.05) is 91.7 Å². The van der Waals surface area contributed by atoms with Gasteiger partial charge in [-0.05, 0) is 37.0 Å². The summed E-state index contributed by atoms with van der Waals surface area (Å²) < 4.78 is 14.6. The van der Waals surface area contributed by atoms with Gasteiger partial charge in [0.05, 0.1) is 0 Å². The number of hydrogen-bond donors (Lipinski definition) is 1. The molecule has 3 aromatic rings. The second-order valence-electron chi connectivity index (χ2n) is 9.36. The number of nitrogens with one attached hydrogen (secondary N) is 1. The van der Waals surface area contributed by atoms with Crippen LogP contribution in [0.15, 0.2) is 84.9 Å². The highest BCUT2D eigenvalue weighted by Gasteiger charge is 2.31. The van der Waals surface area contributed by atoms with Gasteiger partial charge in [-0.25, -0.2) is 4.39 Å². The first kappa shape index (κ1) is 24.6. The fourth-order valence-corrected chi connectivity index (χ4v) is 4.88. The van der Waals surface area contributed by atoms with Crippen LogP contribution in [-0.4, -0.2) is 28.8 Å². The lowest BCUT2D eigenvalue weighted by atomic mass is 9.88. The van der Waals surface area contributed by atoms with Crippen LogP contribution in [0, 0.1) is 5.82 Å². The van der Waals surface area contributed by atoms with Crippen LogP contribution in [0.3, 0.4) is 0 Å². The van der Waals surface area contributed by atoms with Crippen LogP contribution < -0.4 is 5.32 Å². The van der Waals surface area contributed by atoms with E-state index in [-0.39, 0.29) is 42.6 Å². The van der Waals surface area contributed by atoms with Crippen LogP contribution in [0.1, 0.15) is 61.6 Å². The summed E-state index contributed by atoms with van der Waals surface area (Å²) in [6.45, 7) is 1.78. The van der Waals surface area contributed by atoms with Gasteiger partial charge in [-0.15, -0.1) is 0 Å². The molecule has 4 nitrogen and oxygen atoms in total. The Morgan fingerprint density at radius 3 is 2.00 bits per heavy atom. The maximum atomic E-state index is 14.6.